The minimum atomic E-state index is -0.852. The van der Waals surface area contributed by atoms with Crippen LogP contribution < -0.4 is 0 Å². The normalized spacial score (nSPS) is 11.5. The molecule has 0 bridgehead atoms. The van der Waals surface area contributed by atoms with Gasteiger partial charge in [-0.3, -0.25) is 0 Å². The monoisotopic (exact) mass is 234 g/mol. The number of carboxylic acids is 1. The van der Waals surface area contributed by atoms with E-state index in [0.717, 1.165) is 18.4 Å². The molecular weight excluding hydrogens is 216 g/mol. The zero-order valence-electron chi connectivity index (χ0n) is 10.1. The summed E-state index contributed by atoms with van der Waals surface area (Å²) in [6, 6.07) is 9.99. The van der Waals surface area contributed by atoms with Gasteiger partial charge in [0.05, 0.1) is 6.61 Å². The zero-order chi connectivity index (χ0) is 12.5. The second kappa shape index (κ2) is 7.63. The van der Waals surface area contributed by atoms with E-state index in [1.807, 2.05) is 30.3 Å². The number of hydrogen-bond acceptors (Lipinski definition) is 2. The van der Waals surface area contributed by atoms with Crippen LogP contribution in [0.1, 0.15) is 25.3 Å². The molecule has 1 N–H and O–H groups in total. The first-order valence-corrected chi connectivity index (χ1v) is 5.72. The van der Waals surface area contributed by atoms with Gasteiger partial charge in [0.25, 0.3) is 0 Å². The average molecular weight is 234 g/mol. The number of allylic oxidation sites excluding steroid dienone is 1. The lowest BCUT2D eigenvalue weighted by Crippen LogP contribution is -1.97. The third kappa shape index (κ3) is 5.88. The average Bonchev–Trinajstić information content (AvgIpc) is 2.34. The van der Waals surface area contributed by atoms with E-state index in [9.17, 15) is 4.79 Å². The quantitative estimate of drug-likeness (QED) is 0.582. The molecule has 1 aromatic rings. The molecule has 0 heterocycles. The second-order valence-corrected chi connectivity index (χ2v) is 3.87. The molecule has 0 radical (unpaired) electrons. The summed E-state index contributed by atoms with van der Waals surface area (Å²) in [5.74, 6) is -0.852. The Morgan fingerprint density at radius 2 is 2.06 bits per heavy atom. The van der Waals surface area contributed by atoms with Gasteiger partial charge in [0.15, 0.2) is 0 Å². The minimum absolute atomic E-state index is 0.396. The first-order valence-electron chi connectivity index (χ1n) is 5.72. The second-order valence-electron chi connectivity index (χ2n) is 3.87. The Bertz CT molecular complexity index is 368. The van der Waals surface area contributed by atoms with Crippen LogP contribution in [0.5, 0.6) is 0 Å². The van der Waals surface area contributed by atoms with Crippen molar-refractivity contribution < 1.29 is 14.6 Å². The zero-order valence-corrected chi connectivity index (χ0v) is 10.1. The standard InChI is InChI=1S/C14H18O3/c1-12(14(15)16)7-5-6-10-17-11-13-8-3-2-4-9-13/h2-4,7-9H,5-6,10-11H2,1H3,(H,15,16). The molecule has 0 saturated carbocycles. The van der Waals surface area contributed by atoms with Gasteiger partial charge in [-0.25, -0.2) is 4.79 Å². The van der Waals surface area contributed by atoms with Crippen LogP contribution >= 0.6 is 0 Å². The summed E-state index contributed by atoms with van der Waals surface area (Å²) >= 11 is 0. The maximum atomic E-state index is 10.5. The summed E-state index contributed by atoms with van der Waals surface area (Å²) in [7, 11) is 0. The molecule has 0 atom stereocenters. The number of carbonyl (C=O) groups is 1. The molecule has 3 heteroatoms. The van der Waals surface area contributed by atoms with Crippen molar-refractivity contribution in [3.05, 3.63) is 47.5 Å². The fourth-order valence-corrected chi connectivity index (χ4v) is 1.36. The van der Waals surface area contributed by atoms with Crippen molar-refractivity contribution >= 4 is 5.97 Å². The molecular formula is C14H18O3. The van der Waals surface area contributed by atoms with Crippen molar-refractivity contribution in [1.82, 2.24) is 0 Å². The third-order valence-corrected chi connectivity index (χ3v) is 2.39. The Kier molecular flexibility index (Phi) is 6.04. The largest absolute Gasteiger partial charge is 0.478 e. The van der Waals surface area contributed by atoms with Gasteiger partial charge >= 0.3 is 5.97 Å². The lowest BCUT2D eigenvalue weighted by molar-refractivity contribution is -0.132. The van der Waals surface area contributed by atoms with Gasteiger partial charge < -0.3 is 9.84 Å². The predicted molar refractivity (Wildman–Crippen MR) is 66.7 cm³/mol. The van der Waals surface area contributed by atoms with E-state index in [0.29, 0.717) is 18.8 Å². The smallest absolute Gasteiger partial charge is 0.330 e. The lowest BCUT2D eigenvalue weighted by Gasteiger charge is -2.03. The Hall–Kier alpha value is -1.61. The topological polar surface area (TPSA) is 46.5 Å². The summed E-state index contributed by atoms with van der Waals surface area (Å²) < 4.78 is 5.49. The van der Waals surface area contributed by atoms with E-state index < -0.39 is 5.97 Å². The first kappa shape index (κ1) is 13.5. The molecule has 0 spiro atoms. The summed E-state index contributed by atoms with van der Waals surface area (Å²) in [4.78, 5) is 10.5. The molecule has 0 amide bonds. The Labute approximate surface area is 102 Å². The van der Waals surface area contributed by atoms with Crippen molar-refractivity contribution in [3.63, 3.8) is 0 Å². The molecule has 0 aliphatic rings. The molecule has 1 aromatic carbocycles. The lowest BCUT2D eigenvalue weighted by atomic mass is 10.2. The van der Waals surface area contributed by atoms with Crippen molar-refractivity contribution in [2.24, 2.45) is 0 Å². The highest BCUT2D eigenvalue weighted by Crippen LogP contribution is 2.03. The molecule has 0 aromatic heterocycles. The summed E-state index contributed by atoms with van der Waals surface area (Å²) in [6.45, 7) is 2.87. The highest BCUT2D eigenvalue weighted by atomic mass is 16.5. The Balaban J connectivity index is 2.10. The van der Waals surface area contributed by atoms with Crippen LogP contribution in [-0.2, 0) is 16.1 Å². The van der Waals surface area contributed by atoms with Crippen molar-refractivity contribution in [3.8, 4) is 0 Å². The van der Waals surface area contributed by atoms with E-state index in [-0.39, 0.29) is 0 Å². The molecule has 0 saturated heterocycles. The summed E-state index contributed by atoms with van der Waals surface area (Å²) in [5, 5.41) is 8.63. The highest BCUT2D eigenvalue weighted by molar-refractivity contribution is 5.85. The highest BCUT2D eigenvalue weighted by Gasteiger charge is 1.97. The van der Waals surface area contributed by atoms with Crippen molar-refractivity contribution in [1.29, 1.82) is 0 Å². The van der Waals surface area contributed by atoms with Gasteiger partial charge in [-0.05, 0) is 25.3 Å². The maximum Gasteiger partial charge on any atom is 0.330 e. The van der Waals surface area contributed by atoms with Gasteiger partial charge in [-0.2, -0.15) is 0 Å². The van der Waals surface area contributed by atoms with Crippen molar-refractivity contribution in [2.75, 3.05) is 6.61 Å². The molecule has 3 nitrogen and oxygen atoms in total. The fourth-order valence-electron chi connectivity index (χ4n) is 1.36. The molecule has 0 unspecified atom stereocenters. The van der Waals surface area contributed by atoms with Crippen LogP contribution in [0.2, 0.25) is 0 Å². The fraction of sp³-hybridized carbons (Fsp3) is 0.357. The predicted octanol–water partition coefficient (Wildman–Crippen LogP) is 3.01. The van der Waals surface area contributed by atoms with Crippen molar-refractivity contribution in [2.45, 2.75) is 26.4 Å². The van der Waals surface area contributed by atoms with Gasteiger partial charge in [-0.1, -0.05) is 36.4 Å². The Morgan fingerprint density at radius 1 is 1.35 bits per heavy atom. The number of benzene rings is 1. The SMILES string of the molecule is CC(=CCCCOCc1ccccc1)C(=O)O. The van der Waals surface area contributed by atoms with Crippen LogP contribution in [0.3, 0.4) is 0 Å². The molecule has 0 fully saturated rings. The van der Waals surface area contributed by atoms with E-state index >= 15 is 0 Å². The number of rotatable bonds is 7. The number of ether oxygens (including phenoxy) is 1. The minimum Gasteiger partial charge on any atom is -0.478 e. The van der Waals surface area contributed by atoms with Crippen LogP contribution in [0.25, 0.3) is 0 Å². The van der Waals surface area contributed by atoms with Crippen LogP contribution in [0.15, 0.2) is 42.0 Å². The molecule has 92 valence electrons. The Morgan fingerprint density at radius 3 is 2.71 bits per heavy atom. The number of unbranched alkanes of at least 4 members (excludes halogenated alkanes) is 1. The number of carboxylic acid groups (broad SMARTS) is 1. The van der Waals surface area contributed by atoms with E-state index in [1.165, 1.54) is 0 Å². The number of aliphatic carboxylic acids is 1. The van der Waals surface area contributed by atoms with E-state index in [1.54, 1.807) is 13.0 Å². The van der Waals surface area contributed by atoms with Gasteiger partial charge in [0, 0.05) is 12.2 Å². The maximum absolute atomic E-state index is 10.5. The van der Waals surface area contributed by atoms with Crippen LogP contribution in [0.4, 0.5) is 0 Å². The molecule has 0 aliphatic carbocycles. The van der Waals surface area contributed by atoms with Crippen LogP contribution in [0, 0.1) is 0 Å². The molecule has 1 rings (SSSR count). The number of hydrogen-bond donors (Lipinski definition) is 1. The van der Waals surface area contributed by atoms with Gasteiger partial charge in [-0.15, -0.1) is 0 Å². The molecule has 0 aliphatic heterocycles. The molecule has 17 heavy (non-hydrogen) atoms. The summed E-state index contributed by atoms with van der Waals surface area (Å²) in [5.41, 5.74) is 1.55. The van der Waals surface area contributed by atoms with Crippen LogP contribution in [-0.4, -0.2) is 17.7 Å². The van der Waals surface area contributed by atoms with E-state index in [4.69, 9.17) is 9.84 Å². The first-order chi connectivity index (χ1) is 8.20. The summed E-state index contributed by atoms with van der Waals surface area (Å²) in [6.07, 6.45) is 3.32. The van der Waals surface area contributed by atoms with E-state index in [2.05, 4.69) is 0 Å². The van der Waals surface area contributed by atoms with Gasteiger partial charge in [0.2, 0.25) is 0 Å². The van der Waals surface area contributed by atoms with Gasteiger partial charge in [0.1, 0.15) is 0 Å². The third-order valence-electron chi connectivity index (χ3n) is 2.39.